The van der Waals surface area contributed by atoms with Crippen molar-refractivity contribution in [2.45, 2.75) is 77.4 Å². The van der Waals surface area contributed by atoms with E-state index < -0.39 is 17.6 Å². The largest absolute Gasteiger partial charge is 0.466 e. The number of aromatic amines is 1. The smallest absolute Gasteiger partial charge is 0.313 e. The zero-order valence-corrected chi connectivity index (χ0v) is 28.0. The number of benzene rings is 2. The Morgan fingerprint density at radius 3 is 2.72 bits per heavy atom. The molecule has 1 aromatic heterocycles. The van der Waals surface area contributed by atoms with Crippen LogP contribution in [-0.2, 0) is 19.1 Å². The lowest BCUT2D eigenvalue weighted by atomic mass is 9.91. The van der Waals surface area contributed by atoms with E-state index in [9.17, 15) is 24.3 Å². The molecule has 3 aromatic rings. The summed E-state index contributed by atoms with van der Waals surface area (Å²) >= 11 is 3.39. The van der Waals surface area contributed by atoms with Crippen LogP contribution < -0.4 is 5.56 Å². The number of halogens is 1. The number of carbonyl (C=O) groups excluding carboxylic acids is 3. The number of esters is 1. The molecule has 0 spiro atoms. The number of rotatable bonds is 3. The highest BCUT2D eigenvalue weighted by Crippen LogP contribution is 2.57. The van der Waals surface area contributed by atoms with Gasteiger partial charge in [-0.2, -0.15) is 0 Å². The number of para-hydroxylation sites is 2. The van der Waals surface area contributed by atoms with Crippen LogP contribution in [0.3, 0.4) is 0 Å². The number of ketones is 1. The number of aliphatic hydroxyl groups is 1. The highest BCUT2D eigenvalue weighted by molar-refractivity contribution is 9.10. The minimum atomic E-state index is -0.794. The number of nitrogens with zero attached hydrogens (tertiary/aromatic N) is 2. The number of carbonyl (C=O) groups is 3. The maximum atomic E-state index is 13.1. The Kier molecular flexibility index (Phi) is 10.9. The fourth-order valence-corrected chi connectivity index (χ4v) is 6.98. The van der Waals surface area contributed by atoms with Crippen LogP contribution in [0.5, 0.6) is 0 Å². The molecule has 1 amide bonds. The number of hydrogen-bond acceptors (Lipinski definition) is 7. The fourth-order valence-electron chi connectivity index (χ4n) is 6.58. The SMILES string of the molecule is CCOC(=O)[C@]12CC(=O)[C@@H]3C[C@H](O)CN3C(=O)[C@@H](C)CCCCC/C=C\[C@@H]1C2.O=c1[nH]c2ccccc2nc1-c1cccc(Br)c1. The Hall–Kier alpha value is -3.63. The monoisotopic (exact) mass is 691 g/mol. The van der Waals surface area contributed by atoms with Crippen molar-refractivity contribution in [2.75, 3.05) is 13.2 Å². The minimum Gasteiger partial charge on any atom is -0.466 e. The molecule has 6 rings (SSSR count). The Morgan fingerprint density at radius 1 is 1.13 bits per heavy atom. The van der Waals surface area contributed by atoms with Crippen molar-refractivity contribution >= 4 is 44.6 Å². The van der Waals surface area contributed by atoms with Crippen molar-refractivity contribution in [3.63, 3.8) is 0 Å². The Labute approximate surface area is 277 Å². The number of Topliss-reactive ketones (excluding diaryl/α,β-unsaturated/α-hetero) is 1. The van der Waals surface area contributed by atoms with Gasteiger partial charge in [0, 0.05) is 35.3 Å². The number of ether oxygens (including phenoxy) is 1. The highest BCUT2D eigenvalue weighted by Gasteiger charge is 2.61. The molecule has 1 saturated carbocycles. The van der Waals surface area contributed by atoms with Crippen molar-refractivity contribution in [1.82, 2.24) is 14.9 Å². The third kappa shape index (κ3) is 7.66. The van der Waals surface area contributed by atoms with E-state index in [0.29, 0.717) is 12.1 Å². The highest BCUT2D eigenvalue weighted by atomic mass is 79.9. The molecule has 9 nitrogen and oxygen atoms in total. The maximum absolute atomic E-state index is 13.1. The van der Waals surface area contributed by atoms with E-state index in [4.69, 9.17) is 4.74 Å². The first-order chi connectivity index (χ1) is 22.1. The molecule has 46 heavy (non-hydrogen) atoms. The summed E-state index contributed by atoms with van der Waals surface area (Å²) < 4.78 is 6.20. The van der Waals surface area contributed by atoms with Crippen molar-refractivity contribution in [2.24, 2.45) is 17.3 Å². The van der Waals surface area contributed by atoms with E-state index in [2.05, 4.69) is 38.0 Å². The van der Waals surface area contributed by atoms with Gasteiger partial charge in [-0.25, -0.2) is 4.98 Å². The van der Waals surface area contributed by atoms with Gasteiger partial charge in [-0.1, -0.05) is 72.1 Å². The van der Waals surface area contributed by atoms with Gasteiger partial charge >= 0.3 is 5.97 Å². The predicted octanol–water partition coefficient (Wildman–Crippen LogP) is 5.99. The lowest BCUT2D eigenvalue weighted by Crippen LogP contribution is -2.44. The number of H-pyrrole nitrogens is 1. The van der Waals surface area contributed by atoms with Gasteiger partial charge in [-0.15, -0.1) is 0 Å². The third-order valence-corrected chi connectivity index (χ3v) is 9.73. The summed E-state index contributed by atoms with van der Waals surface area (Å²) in [5.74, 6) is -0.632. The van der Waals surface area contributed by atoms with Gasteiger partial charge in [0.25, 0.3) is 5.56 Å². The molecule has 1 saturated heterocycles. The van der Waals surface area contributed by atoms with E-state index in [1.807, 2.05) is 55.5 Å². The molecule has 3 aliphatic rings. The van der Waals surface area contributed by atoms with E-state index in [1.54, 1.807) is 11.8 Å². The summed E-state index contributed by atoms with van der Waals surface area (Å²) in [6.45, 7) is 4.17. The van der Waals surface area contributed by atoms with Crippen LogP contribution in [0.15, 0.2) is 70.0 Å². The normalized spacial score (nSPS) is 27.3. The minimum absolute atomic E-state index is 0.0232. The van der Waals surface area contributed by atoms with E-state index in [-0.39, 0.29) is 61.0 Å². The molecule has 2 fully saturated rings. The number of fused-ring (bicyclic) bond motifs is 3. The van der Waals surface area contributed by atoms with E-state index >= 15 is 0 Å². The van der Waals surface area contributed by atoms with Crippen molar-refractivity contribution in [1.29, 1.82) is 0 Å². The van der Waals surface area contributed by atoms with Crippen LogP contribution in [0.2, 0.25) is 0 Å². The number of amides is 1. The van der Waals surface area contributed by atoms with E-state index in [0.717, 1.165) is 53.2 Å². The van der Waals surface area contributed by atoms with Gasteiger partial charge < -0.3 is 19.7 Å². The predicted molar refractivity (Wildman–Crippen MR) is 180 cm³/mol. The Balaban J connectivity index is 0.000000198. The van der Waals surface area contributed by atoms with Crippen LogP contribution in [0.4, 0.5) is 0 Å². The molecular weight excluding hydrogens is 650 g/mol. The zero-order valence-electron chi connectivity index (χ0n) is 26.4. The van der Waals surface area contributed by atoms with Crippen LogP contribution in [0.25, 0.3) is 22.3 Å². The van der Waals surface area contributed by atoms with E-state index in [1.165, 1.54) is 0 Å². The second-order valence-corrected chi connectivity index (χ2v) is 13.6. The molecule has 0 radical (unpaired) electrons. The summed E-state index contributed by atoms with van der Waals surface area (Å²) in [4.78, 5) is 59.5. The molecule has 2 aliphatic heterocycles. The van der Waals surface area contributed by atoms with Crippen LogP contribution in [-0.4, -0.2) is 62.9 Å². The van der Waals surface area contributed by atoms with Gasteiger partial charge in [0.05, 0.1) is 35.2 Å². The molecule has 0 bridgehead atoms. The van der Waals surface area contributed by atoms with Crippen LogP contribution in [0, 0.1) is 17.3 Å². The maximum Gasteiger partial charge on any atom is 0.313 e. The number of aliphatic hydroxyl groups excluding tert-OH is 1. The number of nitrogens with one attached hydrogen (secondary N) is 1. The number of allylic oxidation sites excluding steroid dienone is 2. The second kappa shape index (κ2) is 14.9. The second-order valence-electron chi connectivity index (χ2n) is 12.6. The molecular formula is C36H42BrN3O6. The van der Waals surface area contributed by atoms with Gasteiger partial charge in [0.1, 0.15) is 5.69 Å². The van der Waals surface area contributed by atoms with Gasteiger partial charge in [0.15, 0.2) is 5.78 Å². The molecule has 244 valence electrons. The third-order valence-electron chi connectivity index (χ3n) is 9.23. The molecule has 2 N–H and O–H groups in total. The van der Waals surface area contributed by atoms with Crippen molar-refractivity contribution in [3.8, 4) is 11.3 Å². The standard InChI is InChI=1S/C22H33NO5.C14H9BrN2O/c1-3-28-21(27)22-12-16(22)10-8-6-4-5-7-9-15(2)20(26)23-14-17(24)11-18(23)19(25)13-22;15-10-5-3-4-9(8-10)13-14(18)17-12-7-2-1-6-11(12)16-13/h8,10,15-18,24H,3-7,9,11-14H2,1-2H3;1-8H,(H,17,18)/b10-8-;/t15-,16+,17-,18-,22+;/m0./s1. The average Bonchev–Trinajstić information content (AvgIpc) is 3.59. The topological polar surface area (TPSA) is 130 Å². The molecule has 10 heteroatoms. The Bertz CT molecular complexity index is 1670. The summed E-state index contributed by atoms with van der Waals surface area (Å²) in [5, 5.41) is 10.1. The first-order valence-corrected chi connectivity index (χ1v) is 17.0. The lowest BCUT2D eigenvalue weighted by molar-refractivity contribution is -0.152. The summed E-state index contributed by atoms with van der Waals surface area (Å²) in [7, 11) is 0. The Morgan fingerprint density at radius 2 is 1.93 bits per heavy atom. The first-order valence-electron chi connectivity index (χ1n) is 16.2. The molecule has 0 unspecified atom stereocenters. The van der Waals surface area contributed by atoms with Crippen molar-refractivity contribution in [3.05, 3.63) is 75.5 Å². The van der Waals surface area contributed by atoms with Gasteiger partial charge in [-0.05, 0) is 62.8 Å². The van der Waals surface area contributed by atoms with Gasteiger partial charge in [0.2, 0.25) is 5.91 Å². The first kappa shape index (κ1) is 33.7. The summed E-state index contributed by atoms with van der Waals surface area (Å²) in [6.07, 6.45) is 9.30. The zero-order chi connectivity index (χ0) is 32.8. The van der Waals surface area contributed by atoms with Crippen LogP contribution in [0.1, 0.15) is 65.2 Å². The molecule has 3 heterocycles. The number of aromatic nitrogens is 2. The quantitative estimate of drug-likeness (QED) is 0.255. The fraction of sp³-hybridized carbons (Fsp3) is 0.472. The number of hydrogen-bond donors (Lipinski definition) is 2. The summed E-state index contributed by atoms with van der Waals surface area (Å²) in [5.41, 5.74) is 1.81. The average molecular weight is 693 g/mol. The van der Waals surface area contributed by atoms with Gasteiger partial charge in [-0.3, -0.25) is 19.2 Å². The molecule has 5 atom stereocenters. The molecule has 1 aliphatic carbocycles. The summed E-state index contributed by atoms with van der Waals surface area (Å²) in [6, 6.07) is 14.4. The lowest BCUT2D eigenvalue weighted by Gasteiger charge is -2.27. The molecule has 2 aromatic carbocycles. The van der Waals surface area contributed by atoms with Crippen molar-refractivity contribution < 1.29 is 24.2 Å². The van der Waals surface area contributed by atoms with Crippen LogP contribution >= 0.6 is 15.9 Å².